The normalized spacial score (nSPS) is 18.1. The number of nitrogens with zero attached hydrogens (tertiary/aromatic N) is 2. The zero-order chi connectivity index (χ0) is 21.5. The van der Waals surface area contributed by atoms with E-state index in [1.807, 2.05) is 73.7 Å². The Bertz CT molecular complexity index is 1310. The molecule has 3 aromatic carbocycles. The molecule has 4 aromatic rings. The zero-order valence-corrected chi connectivity index (χ0v) is 17.5. The zero-order valence-electron chi connectivity index (χ0n) is 16.6. The summed E-state index contributed by atoms with van der Waals surface area (Å²) in [5.41, 5.74) is 3.09. The Morgan fingerprint density at radius 2 is 1.61 bits per heavy atom. The quantitative estimate of drug-likeness (QED) is 0.277. The van der Waals surface area contributed by atoms with Crippen molar-refractivity contribution in [1.29, 1.82) is 0 Å². The van der Waals surface area contributed by atoms with Crippen LogP contribution in [0.4, 0.5) is 5.13 Å². The van der Waals surface area contributed by atoms with Gasteiger partial charge in [-0.1, -0.05) is 83.6 Å². The average molecular weight is 426 g/mol. The van der Waals surface area contributed by atoms with Gasteiger partial charge in [-0.25, -0.2) is 4.98 Å². The van der Waals surface area contributed by atoms with Gasteiger partial charge in [-0.15, -0.1) is 0 Å². The molecule has 2 heterocycles. The van der Waals surface area contributed by atoms with E-state index in [0.29, 0.717) is 10.7 Å². The summed E-state index contributed by atoms with van der Waals surface area (Å²) in [4.78, 5) is 32.3. The van der Waals surface area contributed by atoms with Crippen molar-refractivity contribution in [1.82, 2.24) is 4.98 Å². The molecule has 0 aliphatic carbocycles. The molecule has 1 atom stereocenters. The molecule has 6 heteroatoms. The van der Waals surface area contributed by atoms with Gasteiger partial charge in [0.05, 0.1) is 21.8 Å². The molecule has 1 saturated heterocycles. The van der Waals surface area contributed by atoms with Crippen LogP contribution in [-0.4, -0.2) is 21.8 Å². The molecule has 1 amide bonds. The second kappa shape index (κ2) is 7.49. The van der Waals surface area contributed by atoms with Crippen LogP contribution >= 0.6 is 11.3 Å². The van der Waals surface area contributed by atoms with Crippen LogP contribution in [0.2, 0.25) is 0 Å². The van der Waals surface area contributed by atoms with Crippen molar-refractivity contribution in [2.24, 2.45) is 0 Å². The lowest BCUT2D eigenvalue weighted by Crippen LogP contribution is -2.29. The van der Waals surface area contributed by atoms with E-state index in [1.54, 1.807) is 12.1 Å². The highest BCUT2D eigenvalue weighted by Crippen LogP contribution is 2.44. The minimum absolute atomic E-state index is 0.0688. The molecule has 152 valence electrons. The maximum Gasteiger partial charge on any atom is 0.301 e. The molecule has 5 rings (SSSR count). The second-order valence-corrected chi connectivity index (χ2v) is 8.42. The van der Waals surface area contributed by atoms with Gasteiger partial charge in [-0.3, -0.25) is 14.5 Å². The molecule has 0 spiro atoms. The predicted molar refractivity (Wildman–Crippen MR) is 122 cm³/mol. The number of hydrogen-bond acceptors (Lipinski definition) is 5. The molecular formula is C25H18N2O3S. The molecule has 5 nitrogen and oxygen atoms in total. The van der Waals surface area contributed by atoms with Gasteiger partial charge in [-0.05, 0) is 24.6 Å². The number of rotatable bonds is 3. The van der Waals surface area contributed by atoms with Gasteiger partial charge in [0, 0.05) is 5.56 Å². The topological polar surface area (TPSA) is 70.5 Å². The minimum Gasteiger partial charge on any atom is -0.507 e. The van der Waals surface area contributed by atoms with Gasteiger partial charge < -0.3 is 5.11 Å². The molecule has 0 radical (unpaired) electrons. The Kier molecular flexibility index (Phi) is 4.64. The van der Waals surface area contributed by atoms with Crippen LogP contribution in [0.1, 0.15) is 22.7 Å². The number of aliphatic hydroxyl groups excluding tert-OH is 1. The summed E-state index contributed by atoms with van der Waals surface area (Å²) < 4.78 is 0.921. The molecule has 1 aromatic heterocycles. The smallest absolute Gasteiger partial charge is 0.301 e. The number of fused-ring (bicyclic) bond motifs is 1. The number of Topliss-reactive ketones (excluding diaryl/α,β-unsaturated/α-hetero) is 1. The standard InChI is InChI=1S/C25H18N2O3S/c1-15-11-13-17(14-12-15)22(28)20-21(16-7-3-2-4-8-16)27(24(30)23(20)29)25-26-18-9-5-6-10-19(18)31-25/h2-14,21,28H,1H3/b22-20+/t21-/m1/s1. The highest BCUT2D eigenvalue weighted by Gasteiger charge is 2.48. The molecule has 1 aliphatic rings. The first kappa shape index (κ1) is 19.2. The fraction of sp³-hybridized carbons (Fsp3) is 0.0800. The first-order valence-corrected chi connectivity index (χ1v) is 10.6. The summed E-state index contributed by atoms with van der Waals surface area (Å²) in [5, 5.41) is 11.5. The molecule has 1 aliphatic heterocycles. The van der Waals surface area contributed by atoms with E-state index in [0.717, 1.165) is 21.3 Å². The molecular weight excluding hydrogens is 408 g/mol. The number of amides is 1. The Hall–Kier alpha value is -3.77. The largest absolute Gasteiger partial charge is 0.507 e. The molecule has 0 unspecified atom stereocenters. The number of aryl methyl sites for hydroxylation is 1. The number of thiazole rings is 1. The Labute approximate surface area is 182 Å². The number of aromatic nitrogens is 1. The number of aliphatic hydroxyl groups is 1. The average Bonchev–Trinajstić information content (AvgIpc) is 3.33. The molecule has 0 bridgehead atoms. The number of para-hydroxylation sites is 1. The van der Waals surface area contributed by atoms with Gasteiger partial charge in [0.1, 0.15) is 5.76 Å². The molecule has 1 N–H and O–H groups in total. The van der Waals surface area contributed by atoms with Crippen LogP contribution in [-0.2, 0) is 9.59 Å². The fourth-order valence-corrected chi connectivity index (χ4v) is 4.80. The van der Waals surface area contributed by atoms with Gasteiger partial charge in [0.15, 0.2) is 5.13 Å². The van der Waals surface area contributed by atoms with Gasteiger partial charge in [0.2, 0.25) is 0 Å². The first-order chi connectivity index (χ1) is 15.0. The number of anilines is 1. The lowest BCUT2D eigenvalue weighted by molar-refractivity contribution is -0.132. The lowest BCUT2D eigenvalue weighted by atomic mass is 9.95. The lowest BCUT2D eigenvalue weighted by Gasteiger charge is -2.22. The van der Waals surface area contributed by atoms with Crippen LogP contribution < -0.4 is 4.90 Å². The molecule has 1 fully saturated rings. The summed E-state index contributed by atoms with van der Waals surface area (Å²) >= 11 is 1.35. The number of ketones is 1. The van der Waals surface area contributed by atoms with Crippen molar-refractivity contribution < 1.29 is 14.7 Å². The summed E-state index contributed by atoms with van der Waals surface area (Å²) in [6.07, 6.45) is 0. The third kappa shape index (κ3) is 3.21. The summed E-state index contributed by atoms with van der Waals surface area (Å²) in [6, 6.07) is 23.3. The van der Waals surface area contributed by atoms with E-state index in [9.17, 15) is 14.7 Å². The Morgan fingerprint density at radius 1 is 0.935 bits per heavy atom. The number of carbonyl (C=O) groups excluding carboxylic acids is 2. The maximum absolute atomic E-state index is 13.2. The van der Waals surface area contributed by atoms with E-state index in [2.05, 4.69) is 4.98 Å². The van der Waals surface area contributed by atoms with E-state index < -0.39 is 17.7 Å². The van der Waals surface area contributed by atoms with Crippen molar-refractivity contribution in [2.75, 3.05) is 4.90 Å². The van der Waals surface area contributed by atoms with Crippen molar-refractivity contribution in [2.45, 2.75) is 13.0 Å². The van der Waals surface area contributed by atoms with Gasteiger partial charge >= 0.3 is 5.91 Å². The Balaban J connectivity index is 1.73. The predicted octanol–water partition coefficient (Wildman–Crippen LogP) is 5.23. The highest BCUT2D eigenvalue weighted by atomic mass is 32.1. The van der Waals surface area contributed by atoms with E-state index in [-0.39, 0.29) is 11.3 Å². The van der Waals surface area contributed by atoms with E-state index >= 15 is 0 Å². The van der Waals surface area contributed by atoms with Crippen LogP contribution in [0.5, 0.6) is 0 Å². The number of benzene rings is 3. The third-order valence-corrected chi connectivity index (χ3v) is 6.41. The van der Waals surface area contributed by atoms with Crippen LogP contribution in [0.3, 0.4) is 0 Å². The Morgan fingerprint density at radius 3 is 2.32 bits per heavy atom. The molecule has 0 saturated carbocycles. The van der Waals surface area contributed by atoms with Gasteiger partial charge in [0.25, 0.3) is 5.78 Å². The molecule has 31 heavy (non-hydrogen) atoms. The highest BCUT2D eigenvalue weighted by molar-refractivity contribution is 7.22. The van der Waals surface area contributed by atoms with Crippen molar-refractivity contribution >= 4 is 44.1 Å². The summed E-state index contributed by atoms with van der Waals surface area (Å²) in [7, 11) is 0. The maximum atomic E-state index is 13.2. The number of hydrogen-bond donors (Lipinski definition) is 1. The SMILES string of the molecule is Cc1ccc(/C(O)=C2\C(=O)C(=O)N(c3nc4ccccc4s3)[C@@H]2c2ccccc2)cc1. The monoisotopic (exact) mass is 426 g/mol. The van der Waals surface area contributed by atoms with Crippen molar-refractivity contribution in [3.05, 3.63) is 101 Å². The first-order valence-electron chi connectivity index (χ1n) is 9.83. The van der Waals surface area contributed by atoms with Crippen LogP contribution in [0, 0.1) is 6.92 Å². The third-order valence-electron chi connectivity index (χ3n) is 5.37. The summed E-state index contributed by atoms with van der Waals surface area (Å²) in [5.74, 6) is -1.59. The van der Waals surface area contributed by atoms with Crippen molar-refractivity contribution in [3.63, 3.8) is 0 Å². The fourth-order valence-electron chi connectivity index (χ4n) is 3.81. The van der Waals surface area contributed by atoms with Crippen LogP contribution in [0.25, 0.3) is 16.0 Å². The van der Waals surface area contributed by atoms with Crippen LogP contribution in [0.15, 0.2) is 84.4 Å². The van der Waals surface area contributed by atoms with E-state index in [4.69, 9.17) is 0 Å². The summed E-state index contributed by atoms with van der Waals surface area (Å²) in [6.45, 7) is 1.94. The van der Waals surface area contributed by atoms with Crippen molar-refractivity contribution in [3.8, 4) is 0 Å². The second-order valence-electron chi connectivity index (χ2n) is 7.41. The number of carbonyl (C=O) groups is 2. The van der Waals surface area contributed by atoms with E-state index in [1.165, 1.54) is 16.2 Å². The van der Waals surface area contributed by atoms with Gasteiger partial charge in [-0.2, -0.15) is 0 Å². The minimum atomic E-state index is -0.761.